The summed E-state index contributed by atoms with van der Waals surface area (Å²) < 4.78 is 56.3. The predicted molar refractivity (Wildman–Crippen MR) is 144 cm³/mol. The van der Waals surface area contributed by atoms with Crippen LogP contribution >= 0.6 is 0 Å². The molecule has 0 aliphatic carbocycles. The molecule has 0 bridgehead atoms. The van der Waals surface area contributed by atoms with Crippen LogP contribution in [0.2, 0.25) is 0 Å². The van der Waals surface area contributed by atoms with E-state index in [1.165, 1.54) is 10.4 Å². The van der Waals surface area contributed by atoms with Crippen LogP contribution in [-0.2, 0) is 20.0 Å². The first-order valence-electron chi connectivity index (χ1n) is 11.9. The fourth-order valence-electron chi connectivity index (χ4n) is 4.44. The summed E-state index contributed by atoms with van der Waals surface area (Å²) in [6, 6.07) is 16.7. The van der Waals surface area contributed by atoms with Gasteiger partial charge in [-0.3, -0.25) is 9.52 Å². The molecule has 1 aliphatic rings. The number of amides is 1. The third-order valence-electron chi connectivity index (χ3n) is 6.38. The summed E-state index contributed by atoms with van der Waals surface area (Å²) in [5.41, 5.74) is 4.05. The molecule has 1 saturated heterocycles. The van der Waals surface area contributed by atoms with Gasteiger partial charge < -0.3 is 4.90 Å². The Kier molecular flexibility index (Phi) is 7.45. The minimum absolute atomic E-state index is 0.0260. The third-order valence-corrected chi connectivity index (χ3v) is 9.82. The maximum absolute atomic E-state index is 13.2. The number of nitrogens with one attached hydrogen (secondary N) is 1. The molecule has 37 heavy (non-hydrogen) atoms. The van der Waals surface area contributed by atoms with Crippen molar-refractivity contribution in [2.45, 2.75) is 37.5 Å². The largest absolute Gasteiger partial charge is 0.336 e. The van der Waals surface area contributed by atoms with Crippen molar-refractivity contribution in [1.82, 2.24) is 9.21 Å². The van der Waals surface area contributed by atoms with Crippen molar-refractivity contribution in [1.29, 1.82) is 0 Å². The molecule has 1 aliphatic heterocycles. The minimum Gasteiger partial charge on any atom is -0.336 e. The normalized spacial score (nSPS) is 15.0. The number of nitrogens with zero attached hydrogens (tertiary/aromatic N) is 2. The molecule has 0 atom stereocenters. The van der Waals surface area contributed by atoms with Crippen molar-refractivity contribution in [2.24, 2.45) is 0 Å². The topological polar surface area (TPSA) is 104 Å². The van der Waals surface area contributed by atoms with Gasteiger partial charge in [0.25, 0.3) is 15.9 Å². The lowest BCUT2D eigenvalue weighted by atomic mass is 10.1. The first-order chi connectivity index (χ1) is 17.4. The Hall–Kier alpha value is -3.21. The number of sulfonamides is 2. The standard InChI is InChI=1S/C27H31N3O5S2/c1-19-5-9-25(10-6-19)37(34,35)30-13-11-29(12-14-30)27(31)23-8-7-22(4)26(18-23)36(32,33)28-24-16-20(2)15-21(3)17-24/h5-10,15-18,28H,11-14H2,1-4H3. The molecule has 10 heteroatoms. The quantitative estimate of drug-likeness (QED) is 0.510. The number of carbonyl (C=O) groups is 1. The Bertz CT molecular complexity index is 1520. The van der Waals surface area contributed by atoms with E-state index in [-0.39, 0.29) is 47.4 Å². The molecule has 0 aromatic heterocycles. The van der Waals surface area contributed by atoms with Crippen LogP contribution in [-0.4, -0.2) is 58.1 Å². The Labute approximate surface area is 219 Å². The smallest absolute Gasteiger partial charge is 0.262 e. The molecular formula is C27H31N3O5S2. The van der Waals surface area contributed by atoms with Crippen molar-refractivity contribution in [2.75, 3.05) is 30.9 Å². The van der Waals surface area contributed by atoms with E-state index in [0.717, 1.165) is 16.7 Å². The van der Waals surface area contributed by atoms with Gasteiger partial charge in [-0.05, 0) is 80.8 Å². The summed E-state index contributed by atoms with van der Waals surface area (Å²) in [6.45, 7) is 8.09. The summed E-state index contributed by atoms with van der Waals surface area (Å²) in [6.07, 6.45) is 0. The fourth-order valence-corrected chi connectivity index (χ4v) is 7.17. The zero-order valence-electron chi connectivity index (χ0n) is 21.4. The number of piperazine rings is 1. The maximum atomic E-state index is 13.2. The molecule has 196 valence electrons. The summed E-state index contributed by atoms with van der Waals surface area (Å²) in [5.74, 6) is -0.338. The van der Waals surface area contributed by atoms with E-state index in [9.17, 15) is 21.6 Å². The number of carbonyl (C=O) groups excluding carboxylic acids is 1. The average Bonchev–Trinajstić information content (AvgIpc) is 2.83. The van der Waals surface area contributed by atoms with Crippen LogP contribution in [0.15, 0.2) is 70.5 Å². The summed E-state index contributed by atoms with van der Waals surface area (Å²) in [7, 11) is -7.59. The zero-order valence-corrected chi connectivity index (χ0v) is 23.0. The van der Waals surface area contributed by atoms with E-state index in [2.05, 4.69) is 4.72 Å². The molecular weight excluding hydrogens is 510 g/mol. The van der Waals surface area contributed by atoms with Gasteiger partial charge in [-0.25, -0.2) is 16.8 Å². The van der Waals surface area contributed by atoms with Crippen LogP contribution in [0.3, 0.4) is 0 Å². The van der Waals surface area contributed by atoms with Gasteiger partial charge in [0.15, 0.2) is 0 Å². The molecule has 0 unspecified atom stereocenters. The highest BCUT2D eigenvalue weighted by Gasteiger charge is 2.31. The molecule has 3 aromatic carbocycles. The molecule has 0 saturated carbocycles. The second-order valence-corrected chi connectivity index (χ2v) is 13.1. The lowest BCUT2D eigenvalue weighted by Gasteiger charge is -2.34. The van der Waals surface area contributed by atoms with E-state index < -0.39 is 20.0 Å². The predicted octanol–water partition coefficient (Wildman–Crippen LogP) is 3.87. The van der Waals surface area contributed by atoms with Gasteiger partial charge >= 0.3 is 0 Å². The number of hydrogen-bond donors (Lipinski definition) is 1. The van der Waals surface area contributed by atoms with Gasteiger partial charge in [-0.15, -0.1) is 0 Å². The molecule has 1 N–H and O–H groups in total. The van der Waals surface area contributed by atoms with Gasteiger partial charge in [-0.1, -0.05) is 29.8 Å². The Morgan fingerprint density at radius 2 is 1.32 bits per heavy atom. The number of aryl methyl sites for hydroxylation is 4. The Morgan fingerprint density at radius 3 is 1.92 bits per heavy atom. The molecule has 1 heterocycles. The van der Waals surface area contributed by atoms with E-state index in [0.29, 0.717) is 11.3 Å². The molecule has 0 radical (unpaired) electrons. The molecule has 1 amide bonds. The SMILES string of the molecule is Cc1ccc(S(=O)(=O)N2CCN(C(=O)c3ccc(C)c(S(=O)(=O)Nc4cc(C)cc(C)c4)c3)CC2)cc1. The number of benzene rings is 3. The van der Waals surface area contributed by atoms with E-state index in [1.807, 2.05) is 26.8 Å². The van der Waals surface area contributed by atoms with E-state index in [1.54, 1.807) is 60.4 Å². The van der Waals surface area contributed by atoms with Gasteiger partial charge in [0.2, 0.25) is 10.0 Å². The number of anilines is 1. The molecule has 4 rings (SSSR count). The van der Waals surface area contributed by atoms with Crippen LogP contribution in [0.4, 0.5) is 5.69 Å². The molecule has 1 fully saturated rings. The van der Waals surface area contributed by atoms with Crippen LogP contribution in [0.1, 0.15) is 32.6 Å². The van der Waals surface area contributed by atoms with Crippen molar-refractivity contribution >= 4 is 31.6 Å². The summed E-state index contributed by atoms with van der Waals surface area (Å²) >= 11 is 0. The van der Waals surface area contributed by atoms with Gasteiger partial charge in [0.05, 0.1) is 9.79 Å². The third kappa shape index (κ3) is 5.87. The van der Waals surface area contributed by atoms with Gasteiger partial charge in [-0.2, -0.15) is 4.31 Å². The monoisotopic (exact) mass is 541 g/mol. The minimum atomic E-state index is -3.93. The van der Waals surface area contributed by atoms with Crippen LogP contribution in [0, 0.1) is 27.7 Å². The molecule has 3 aromatic rings. The van der Waals surface area contributed by atoms with Crippen LogP contribution in [0.5, 0.6) is 0 Å². The molecule has 8 nitrogen and oxygen atoms in total. The van der Waals surface area contributed by atoms with E-state index in [4.69, 9.17) is 0 Å². The average molecular weight is 542 g/mol. The second kappa shape index (κ2) is 10.3. The first kappa shape index (κ1) is 26.8. The van der Waals surface area contributed by atoms with Gasteiger partial charge in [0.1, 0.15) is 0 Å². The Morgan fingerprint density at radius 1 is 0.730 bits per heavy atom. The van der Waals surface area contributed by atoms with Crippen LogP contribution < -0.4 is 4.72 Å². The fraction of sp³-hybridized carbons (Fsp3) is 0.296. The first-order valence-corrected chi connectivity index (χ1v) is 14.9. The molecule has 0 spiro atoms. The summed E-state index contributed by atoms with van der Waals surface area (Å²) in [5, 5.41) is 0. The highest BCUT2D eigenvalue weighted by molar-refractivity contribution is 7.92. The van der Waals surface area contributed by atoms with Crippen molar-refractivity contribution in [3.05, 3.63) is 88.5 Å². The zero-order chi connectivity index (χ0) is 27.0. The highest BCUT2D eigenvalue weighted by atomic mass is 32.2. The van der Waals surface area contributed by atoms with Crippen molar-refractivity contribution in [3.8, 4) is 0 Å². The maximum Gasteiger partial charge on any atom is 0.262 e. The lowest BCUT2D eigenvalue weighted by Crippen LogP contribution is -2.50. The van der Waals surface area contributed by atoms with Crippen molar-refractivity contribution in [3.63, 3.8) is 0 Å². The number of rotatable bonds is 6. The van der Waals surface area contributed by atoms with Crippen molar-refractivity contribution < 1.29 is 21.6 Å². The van der Waals surface area contributed by atoms with E-state index >= 15 is 0 Å². The van der Waals surface area contributed by atoms with Crippen LogP contribution in [0.25, 0.3) is 0 Å². The Balaban J connectivity index is 1.50. The lowest BCUT2D eigenvalue weighted by molar-refractivity contribution is 0.0697. The summed E-state index contributed by atoms with van der Waals surface area (Å²) in [4.78, 5) is 15.1. The highest BCUT2D eigenvalue weighted by Crippen LogP contribution is 2.24. The number of hydrogen-bond acceptors (Lipinski definition) is 5. The second-order valence-electron chi connectivity index (χ2n) is 9.47. The van der Waals surface area contributed by atoms with Gasteiger partial charge in [0, 0.05) is 37.4 Å².